The molecule has 2 aromatic rings. The van der Waals surface area contributed by atoms with E-state index in [9.17, 15) is 9.59 Å². The lowest BCUT2D eigenvalue weighted by molar-refractivity contribution is -0.121. The molecule has 0 aromatic heterocycles. The quantitative estimate of drug-likeness (QED) is 0.357. The minimum atomic E-state index is -0.342. The molecule has 0 atom stereocenters. The fraction of sp³-hybridized carbons (Fsp3) is 0.200. The van der Waals surface area contributed by atoms with Gasteiger partial charge in [-0.3, -0.25) is 9.59 Å². The molecule has 4 heteroatoms. The van der Waals surface area contributed by atoms with Crippen LogP contribution in [0, 0.1) is 0 Å². The van der Waals surface area contributed by atoms with Crippen molar-refractivity contribution < 1.29 is 9.59 Å². The summed E-state index contributed by atoms with van der Waals surface area (Å²) in [5.74, 6) is -0.601. The molecule has 0 saturated heterocycles. The number of Topliss-reactive ketones (excluding diaryl/α,β-unsaturated/α-hetero) is 1. The number of aryl methyl sites for hydroxylation is 1. The van der Waals surface area contributed by atoms with Crippen molar-refractivity contribution in [3.63, 3.8) is 0 Å². The standard InChI is InChI=1S/C20H20ClNO2/c1-15(23)19(14-17-9-11-18(21)12-10-17)20(24)22-13-5-8-16-6-3-2-4-7-16/h2-4,6-7,9-12,14H,5,8,13H2,1H3,(H,22,24)/b19-14-. The summed E-state index contributed by atoms with van der Waals surface area (Å²) in [5.41, 5.74) is 2.15. The highest BCUT2D eigenvalue weighted by atomic mass is 35.5. The Hall–Kier alpha value is -2.39. The highest BCUT2D eigenvalue weighted by Crippen LogP contribution is 2.13. The van der Waals surface area contributed by atoms with E-state index in [2.05, 4.69) is 17.4 Å². The summed E-state index contributed by atoms with van der Waals surface area (Å²) in [4.78, 5) is 24.0. The van der Waals surface area contributed by atoms with Crippen molar-refractivity contribution in [2.75, 3.05) is 6.54 Å². The molecule has 0 aliphatic heterocycles. The third-order valence-corrected chi connectivity index (χ3v) is 3.83. The first-order valence-corrected chi connectivity index (χ1v) is 8.24. The number of benzene rings is 2. The molecule has 0 spiro atoms. The first kappa shape index (κ1) is 18.0. The zero-order valence-corrected chi connectivity index (χ0v) is 14.3. The van der Waals surface area contributed by atoms with E-state index in [-0.39, 0.29) is 17.3 Å². The minimum absolute atomic E-state index is 0.150. The van der Waals surface area contributed by atoms with Crippen molar-refractivity contribution in [3.8, 4) is 0 Å². The zero-order chi connectivity index (χ0) is 17.4. The van der Waals surface area contributed by atoms with Gasteiger partial charge in [0, 0.05) is 11.6 Å². The van der Waals surface area contributed by atoms with Crippen LogP contribution in [0.1, 0.15) is 24.5 Å². The molecule has 0 unspecified atom stereocenters. The van der Waals surface area contributed by atoms with Gasteiger partial charge in [-0.25, -0.2) is 0 Å². The van der Waals surface area contributed by atoms with Gasteiger partial charge in [0.1, 0.15) is 0 Å². The molecule has 0 bridgehead atoms. The second-order valence-electron chi connectivity index (χ2n) is 5.51. The maximum Gasteiger partial charge on any atom is 0.254 e. The van der Waals surface area contributed by atoms with Crippen LogP contribution in [0.5, 0.6) is 0 Å². The molecule has 0 aliphatic carbocycles. The van der Waals surface area contributed by atoms with Crippen LogP contribution in [-0.2, 0) is 16.0 Å². The summed E-state index contributed by atoms with van der Waals surface area (Å²) in [6.07, 6.45) is 3.30. The molecule has 3 nitrogen and oxygen atoms in total. The number of carbonyl (C=O) groups excluding carboxylic acids is 2. The lowest BCUT2D eigenvalue weighted by Gasteiger charge is -2.07. The van der Waals surface area contributed by atoms with Crippen molar-refractivity contribution in [3.05, 3.63) is 76.3 Å². The van der Waals surface area contributed by atoms with Crippen LogP contribution in [0.15, 0.2) is 60.2 Å². The average Bonchev–Trinajstić information content (AvgIpc) is 2.58. The number of rotatable bonds is 7. The van der Waals surface area contributed by atoms with Crippen LogP contribution in [0.3, 0.4) is 0 Å². The molecule has 0 heterocycles. The number of halogens is 1. The molecular formula is C20H20ClNO2. The van der Waals surface area contributed by atoms with Crippen LogP contribution < -0.4 is 5.32 Å². The van der Waals surface area contributed by atoms with Gasteiger partial charge < -0.3 is 5.32 Å². The number of hydrogen-bond donors (Lipinski definition) is 1. The monoisotopic (exact) mass is 341 g/mol. The van der Waals surface area contributed by atoms with E-state index in [0.29, 0.717) is 11.6 Å². The molecule has 0 aliphatic rings. The summed E-state index contributed by atoms with van der Waals surface area (Å²) < 4.78 is 0. The van der Waals surface area contributed by atoms with Crippen molar-refractivity contribution in [2.24, 2.45) is 0 Å². The summed E-state index contributed by atoms with van der Waals surface area (Å²) >= 11 is 5.84. The zero-order valence-electron chi connectivity index (χ0n) is 13.6. The summed E-state index contributed by atoms with van der Waals surface area (Å²) in [5, 5.41) is 3.42. The van der Waals surface area contributed by atoms with E-state index >= 15 is 0 Å². The molecule has 2 aromatic carbocycles. The Morgan fingerprint density at radius 1 is 1.04 bits per heavy atom. The molecule has 0 saturated carbocycles. The fourth-order valence-electron chi connectivity index (χ4n) is 2.29. The summed E-state index contributed by atoms with van der Waals surface area (Å²) in [6, 6.07) is 17.1. The van der Waals surface area contributed by atoms with E-state index in [1.54, 1.807) is 30.3 Å². The highest BCUT2D eigenvalue weighted by molar-refractivity contribution is 6.30. The predicted molar refractivity (Wildman–Crippen MR) is 97.9 cm³/mol. The Balaban J connectivity index is 1.92. The average molecular weight is 342 g/mol. The van der Waals surface area contributed by atoms with Gasteiger partial charge in [-0.2, -0.15) is 0 Å². The first-order chi connectivity index (χ1) is 11.6. The Morgan fingerprint density at radius 3 is 2.33 bits per heavy atom. The Bertz CT molecular complexity index is 721. The third kappa shape index (κ3) is 5.67. The molecule has 24 heavy (non-hydrogen) atoms. The minimum Gasteiger partial charge on any atom is -0.352 e. The normalized spacial score (nSPS) is 11.2. The number of hydrogen-bond acceptors (Lipinski definition) is 2. The lowest BCUT2D eigenvalue weighted by atomic mass is 10.1. The van der Waals surface area contributed by atoms with Gasteiger partial charge in [0.25, 0.3) is 5.91 Å². The third-order valence-electron chi connectivity index (χ3n) is 3.58. The van der Waals surface area contributed by atoms with Crippen LogP contribution >= 0.6 is 11.6 Å². The summed E-state index contributed by atoms with van der Waals surface area (Å²) in [7, 11) is 0. The van der Waals surface area contributed by atoms with E-state index < -0.39 is 0 Å². The van der Waals surface area contributed by atoms with Gasteiger partial charge in [0.05, 0.1) is 5.57 Å². The maximum absolute atomic E-state index is 12.2. The Morgan fingerprint density at radius 2 is 1.71 bits per heavy atom. The predicted octanol–water partition coefficient (Wildman–Crippen LogP) is 4.06. The van der Waals surface area contributed by atoms with Crippen LogP contribution in [0.4, 0.5) is 0 Å². The fourth-order valence-corrected chi connectivity index (χ4v) is 2.41. The second-order valence-corrected chi connectivity index (χ2v) is 5.95. The number of amides is 1. The highest BCUT2D eigenvalue weighted by Gasteiger charge is 2.13. The molecular weight excluding hydrogens is 322 g/mol. The number of nitrogens with one attached hydrogen (secondary N) is 1. The molecule has 0 radical (unpaired) electrons. The van der Waals surface area contributed by atoms with Crippen LogP contribution in [0.2, 0.25) is 5.02 Å². The van der Waals surface area contributed by atoms with Crippen LogP contribution in [-0.4, -0.2) is 18.2 Å². The van der Waals surface area contributed by atoms with Crippen LogP contribution in [0.25, 0.3) is 6.08 Å². The van der Waals surface area contributed by atoms with E-state index in [0.717, 1.165) is 18.4 Å². The SMILES string of the molecule is CC(=O)/C(=C/c1ccc(Cl)cc1)C(=O)NCCCc1ccccc1. The maximum atomic E-state index is 12.2. The van der Waals surface area contributed by atoms with Gasteiger partial charge in [-0.1, -0.05) is 54.1 Å². The van der Waals surface area contributed by atoms with E-state index in [4.69, 9.17) is 11.6 Å². The Kier molecular flexibility index (Phi) is 6.76. The largest absolute Gasteiger partial charge is 0.352 e. The van der Waals surface area contributed by atoms with Gasteiger partial charge in [0.15, 0.2) is 5.78 Å². The number of carbonyl (C=O) groups is 2. The molecule has 2 rings (SSSR count). The van der Waals surface area contributed by atoms with Crippen molar-refractivity contribution >= 4 is 29.4 Å². The van der Waals surface area contributed by atoms with E-state index in [1.807, 2.05) is 18.2 Å². The smallest absolute Gasteiger partial charge is 0.254 e. The summed E-state index contributed by atoms with van der Waals surface area (Å²) in [6.45, 7) is 1.92. The van der Waals surface area contributed by atoms with Gasteiger partial charge in [0.2, 0.25) is 0 Å². The van der Waals surface area contributed by atoms with Crippen molar-refractivity contribution in [2.45, 2.75) is 19.8 Å². The number of ketones is 1. The first-order valence-electron chi connectivity index (χ1n) is 7.86. The molecule has 0 fully saturated rings. The van der Waals surface area contributed by atoms with Gasteiger partial charge in [-0.15, -0.1) is 0 Å². The van der Waals surface area contributed by atoms with Gasteiger partial charge in [-0.05, 0) is 49.1 Å². The Labute approximate surface area is 147 Å². The van der Waals surface area contributed by atoms with Crippen molar-refractivity contribution in [1.82, 2.24) is 5.32 Å². The molecule has 1 amide bonds. The second kappa shape index (κ2) is 9.04. The topological polar surface area (TPSA) is 46.2 Å². The van der Waals surface area contributed by atoms with Gasteiger partial charge >= 0.3 is 0 Å². The van der Waals surface area contributed by atoms with Crippen molar-refractivity contribution in [1.29, 1.82) is 0 Å². The molecule has 1 N–H and O–H groups in total. The van der Waals surface area contributed by atoms with E-state index in [1.165, 1.54) is 12.5 Å². The lowest BCUT2D eigenvalue weighted by Crippen LogP contribution is -2.28. The molecule has 124 valence electrons.